The van der Waals surface area contributed by atoms with Crippen molar-refractivity contribution in [2.45, 2.75) is 32.7 Å². The largest absolute Gasteiger partial charge is 0.396 e. The van der Waals surface area contributed by atoms with Gasteiger partial charge < -0.3 is 10.0 Å². The van der Waals surface area contributed by atoms with Crippen molar-refractivity contribution in [3.63, 3.8) is 0 Å². The van der Waals surface area contributed by atoms with E-state index in [1.807, 2.05) is 6.92 Å². The number of amides is 1. The number of carbonyl (C=O) groups is 1. The summed E-state index contributed by atoms with van der Waals surface area (Å²) in [5.41, 5.74) is 0.816. The molecule has 19 heavy (non-hydrogen) atoms. The molecule has 0 spiro atoms. The number of halogens is 1. The summed E-state index contributed by atoms with van der Waals surface area (Å²) in [4.78, 5) is 14.2. The Morgan fingerprint density at radius 1 is 1.53 bits per heavy atom. The predicted octanol–water partition coefficient (Wildman–Crippen LogP) is 2.37. The van der Waals surface area contributed by atoms with E-state index >= 15 is 0 Å². The van der Waals surface area contributed by atoms with Crippen molar-refractivity contribution in [1.29, 1.82) is 0 Å². The molecule has 1 aromatic rings. The number of aryl methyl sites for hydroxylation is 1. The number of hydrogen-bond donors (Lipinski definition) is 1. The first-order valence-corrected chi connectivity index (χ1v) is 6.73. The second kappa shape index (κ2) is 5.70. The topological polar surface area (TPSA) is 40.5 Å². The van der Waals surface area contributed by atoms with Crippen LogP contribution in [0, 0.1) is 18.7 Å². The van der Waals surface area contributed by atoms with Crippen LogP contribution >= 0.6 is 0 Å². The van der Waals surface area contributed by atoms with Gasteiger partial charge in [0, 0.05) is 25.1 Å². The van der Waals surface area contributed by atoms with Gasteiger partial charge >= 0.3 is 0 Å². The molecule has 0 radical (unpaired) electrons. The normalized spacial score (nSPS) is 23.5. The van der Waals surface area contributed by atoms with E-state index in [0.717, 1.165) is 12.8 Å². The average Bonchev–Trinajstić information content (AvgIpc) is 2.38. The zero-order valence-electron chi connectivity index (χ0n) is 11.4. The molecule has 0 bridgehead atoms. The SMILES string of the molecule is Cc1cccc(F)c1C(=O)N1CCC[C@H](CO)[C@@H]1C. The quantitative estimate of drug-likeness (QED) is 0.891. The lowest BCUT2D eigenvalue weighted by atomic mass is 9.90. The number of carbonyl (C=O) groups excluding carboxylic acids is 1. The Morgan fingerprint density at radius 3 is 2.89 bits per heavy atom. The third-order valence-electron chi connectivity index (χ3n) is 4.08. The van der Waals surface area contributed by atoms with Gasteiger partial charge in [0.25, 0.3) is 5.91 Å². The molecule has 104 valence electrons. The van der Waals surface area contributed by atoms with E-state index in [1.54, 1.807) is 24.0 Å². The molecule has 1 aromatic carbocycles. The summed E-state index contributed by atoms with van der Waals surface area (Å²) in [5.74, 6) is -0.644. The molecule has 2 atom stereocenters. The maximum absolute atomic E-state index is 13.9. The monoisotopic (exact) mass is 265 g/mol. The minimum absolute atomic E-state index is 0.0507. The van der Waals surface area contributed by atoms with Crippen LogP contribution in [0.2, 0.25) is 0 Å². The number of piperidine rings is 1. The van der Waals surface area contributed by atoms with E-state index in [1.165, 1.54) is 6.07 Å². The number of likely N-dealkylation sites (tertiary alicyclic amines) is 1. The fourth-order valence-electron chi connectivity index (χ4n) is 2.80. The molecule has 0 aliphatic carbocycles. The molecule has 0 saturated carbocycles. The molecule has 0 aromatic heterocycles. The van der Waals surface area contributed by atoms with E-state index in [4.69, 9.17) is 0 Å². The van der Waals surface area contributed by atoms with E-state index in [9.17, 15) is 14.3 Å². The molecule has 3 nitrogen and oxygen atoms in total. The van der Waals surface area contributed by atoms with Gasteiger partial charge in [0.1, 0.15) is 5.82 Å². The van der Waals surface area contributed by atoms with Crippen LogP contribution in [0.15, 0.2) is 18.2 Å². The van der Waals surface area contributed by atoms with Crippen molar-refractivity contribution in [2.24, 2.45) is 5.92 Å². The lowest BCUT2D eigenvalue weighted by Crippen LogP contribution is -2.48. The Kier molecular flexibility index (Phi) is 4.20. The molecule has 1 amide bonds. The van der Waals surface area contributed by atoms with Crippen molar-refractivity contribution in [1.82, 2.24) is 4.90 Å². The molecule has 1 aliphatic rings. The third kappa shape index (κ3) is 2.63. The molecule has 1 aliphatic heterocycles. The first kappa shape index (κ1) is 14.0. The van der Waals surface area contributed by atoms with Crippen molar-refractivity contribution in [2.75, 3.05) is 13.2 Å². The van der Waals surface area contributed by atoms with Crippen LogP contribution in [0.5, 0.6) is 0 Å². The number of nitrogens with zero attached hydrogens (tertiary/aromatic N) is 1. The Balaban J connectivity index is 2.28. The first-order chi connectivity index (χ1) is 9.06. The Labute approximate surface area is 113 Å². The first-order valence-electron chi connectivity index (χ1n) is 6.73. The van der Waals surface area contributed by atoms with Crippen molar-refractivity contribution >= 4 is 5.91 Å². The van der Waals surface area contributed by atoms with Crippen LogP contribution in [-0.2, 0) is 0 Å². The van der Waals surface area contributed by atoms with Gasteiger partial charge in [-0.05, 0) is 38.3 Å². The highest BCUT2D eigenvalue weighted by Gasteiger charge is 2.32. The fraction of sp³-hybridized carbons (Fsp3) is 0.533. The summed E-state index contributed by atoms with van der Waals surface area (Å²) >= 11 is 0. The summed E-state index contributed by atoms with van der Waals surface area (Å²) in [7, 11) is 0. The minimum Gasteiger partial charge on any atom is -0.396 e. The van der Waals surface area contributed by atoms with Crippen LogP contribution in [0.3, 0.4) is 0 Å². The second-order valence-electron chi connectivity index (χ2n) is 5.26. The molecular formula is C15H20FNO2. The summed E-state index contributed by atoms with van der Waals surface area (Å²) in [6.45, 7) is 4.37. The third-order valence-corrected chi connectivity index (χ3v) is 4.08. The lowest BCUT2D eigenvalue weighted by molar-refractivity contribution is 0.0424. The maximum atomic E-state index is 13.9. The smallest absolute Gasteiger partial charge is 0.257 e. The summed E-state index contributed by atoms with van der Waals surface area (Å²) < 4.78 is 13.9. The zero-order valence-corrected chi connectivity index (χ0v) is 11.4. The van der Waals surface area contributed by atoms with Crippen LogP contribution in [0.25, 0.3) is 0 Å². The number of benzene rings is 1. The second-order valence-corrected chi connectivity index (χ2v) is 5.26. The van der Waals surface area contributed by atoms with E-state index in [0.29, 0.717) is 12.1 Å². The number of aliphatic hydroxyl groups is 1. The average molecular weight is 265 g/mol. The molecule has 2 rings (SSSR count). The standard InChI is InChI=1S/C15H20FNO2/c1-10-5-3-7-13(16)14(10)15(19)17-8-4-6-12(9-18)11(17)2/h3,5,7,11-12,18H,4,6,8-9H2,1-2H3/t11-,12+/m0/s1. The zero-order chi connectivity index (χ0) is 14.0. The fourth-order valence-corrected chi connectivity index (χ4v) is 2.80. The maximum Gasteiger partial charge on any atom is 0.257 e. The highest BCUT2D eigenvalue weighted by atomic mass is 19.1. The van der Waals surface area contributed by atoms with Gasteiger partial charge in [0.2, 0.25) is 0 Å². The van der Waals surface area contributed by atoms with Crippen LogP contribution in [-0.4, -0.2) is 35.1 Å². The van der Waals surface area contributed by atoms with Crippen molar-refractivity contribution < 1.29 is 14.3 Å². The van der Waals surface area contributed by atoms with Gasteiger partial charge in [-0.2, -0.15) is 0 Å². The van der Waals surface area contributed by atoms with Gasteiger partial charge in [-0.15, -0.1) is 0 Å². The number of aliphatic hydroxyl groups excluding tert-OH is 1. The van der Waals surface area contributed by atoms with Gasteiger partial charge in [-0.25, -0.2) is 4.39 Å². The summed E-state index contributed by atoms with van der Waals surface area (Å²) in [5, 5.41) is 9.33. The molecule has 4 heteroatoms. The highest BCUT2D eigenvalue weighted by Crippen LogP contribution is 2.26. The van der Waals surface area contributed by atoms with Gasteiger partial charge in [-0.3, -0.25) is 4.79 Å². The molecule has 1 fully saturated rings. The number of hydrogen-bond acceptors (Lipinski definition) is 2. The van der Waals surface area contributed by atoms with Crippen LogP contribution in [0.4, 0.5) is 4.39 Å². The predicted molar refractivity (Wildman–Crippen MR) is 71.4 cm³/mol. The van der Waals surface area contributed by atoms with Gasteiger partial charge in [0.05, 0.1) is 5.56 Å². The molecule has 1 N–H and O–H groups in total. The van der Waals surface area contributed by atoms with Crippen molar-refractivity contribution in [3.05, 3.63) is 35.1 Å². The van der Waals surface area contributed by atoms with Gasteiger partial charge in [0.15, 0.2) is 0 Å². The van der Waals surface area contributed by atoms with E-state index in [-0.39, 0.29) is 30.0 Å². The van der Waals surface area contributed by atoms with Crippen LogP contribution < -0.4 is 0 Å². The Bertz CT molecular complexity index is 455. The van der Waals surface area contributed by atoms with Gasteiger partial charge in [-0.1, -0.05) is 12.1 Å². The Hall–Kier alpha value is -1.42. The van der Waals surface area contributed by atoms with E-state index < -0.39 is 5.82 Å². The van der Waals surface area contributed by atoms with E-state index in [2.05, 4.69) is 0 Å². The highest BCUT2D eigenvalue weighted by molar-refractivity contribution is 5.96. The summed E-state index contributed by atoms with van der Waals surface area (Å²) in [6.07, 6.45) is 1.77. The molecule has 1 saturated heterocycles. The lowest BCUT2D eigenvalue weighted by Gasteiger charge is -2.39. The number of rotatable bonds is 2. The molecule has 0 unspecified atom stereocenters. The van der Waals surface area contributed by atoms with Crippen molar-refractivity contribution in [3.8, 4) is 0 Å². The summed E-state index contributed by atoms with van der Waals surface area (Å²) in [6, 6.07) is 4.62. The van der Waals surface area contributed by atoms with Crippen LogP contribution in [0.1, 0.15) is 35.7 Å². The minimum atomic E-state index is -0.469. The molecule has 1 heterocycles. The Morgan fingerprint density at radius 2 is 2.26 bits per heavy atom. The molecular weight excluding hydrogens is 245 g/mol.